The maximum atomic E-state index is 11.3. The van der Waals surface area contributed by atoms with Crippen LogP contribution in [0.15, 0.2) is 65.7 Å². The van der Waals surface area contributed by atoms with Crippen LogP contribution < -0.4 is 10.5 Å². The van der Waals surface area contributed by atoms with Gasteiger partial charge in [-0.05, 0) is 54.6 Å². The smallest absolute Gasteiger partial charge is 0.247 e. The van der Waals surface area contributed by atoms with Gasteiger partial charge in [0.05, 0.1) is 4.90 Å². The number of aromatic nitrogens is 3. The molecule has 4 aromatic rings. The van der Waals surface area contributed by atoms with E-state index in [4.69, 9.17) is 16.7 Å². The van der Waals surface area contributed by atoms with E-state index in [1.54, 1.807) is 41.0 Å². The van der Waals surface area contributed by atoms with Crippen LogP contribution in [0, 0.1) is 0 Å². The van der Waals surface area contributed by atoms with Crippen LogP contribution in [0.3, 0.4) is 0 Å². The fourth-order valence-electron chi connectivity index (χ4n) is 2.69. The lowest BCUT2D eigenvalue weighted by molar-refractivity contribution is 0.475. The molecule has 0 bridgehead atoms. The Kier molecular flexibility index (Phi) is 4.42. The number of pyridine rings is 1. The van der Waals surface area contributed by atoms with Crippen LogP contribution in [-0.4, -0.2) is 28.1 Å². The van der Waals surface area contributed by atoms with Crippen LogP contribution >= 0.6 is 11.6 Å². The molecule has 0 amide bonds. The Bertz CT molecular complexity index is 1290. The lowest BCUT2D eigenvalue weighted by atomic mass is 10.1. The highest BCUT2D eigenvalue weighted by Crippen LogP contribution is 2.31. The number of halogens is 1. The molecule has 0 aliphatic heterocycles. The molecule has 0 aliphatic carbocycles. The van der Waals surface area contributed by atoms with Gasteiger partial charge in [0.2, 0.25) is 16.0 Å². The van der Waals surface area contributed by atoms with Gasteiger partial charge in [0.1, 0.15) is 5.75 Å². The van der Waals surface area contributed by atoms with Gasteiger partial charge in [-0.1, -0.05) is 11.6 Å². The first-order chi connectivity index (χ1) is 13.3. The molecule has 0 saturated heterocycles. The minimum absolute atomic E-state index is 0.0219. The van der Waals surface area contributed by atoms with E-state index >= 15 is 0 Å². The Morgan fingerprint density at radius 1 is 1.07 bits per heavy atom. The second-order valence-corrected chi connectivity index (χ2v) is 7.98. The Hall–Kier alpha value is -3.14. The molecule has 0 spiro atoms. The van der Waals surface area contributed by atoms with Crippen molar-refractivity contribution in [2.45, 2.75) is 4.90 Å². The summed E-state index contributed by atoms with van der Waals surface area (Å²) in [5, 5.41) is 22.7. The highest BCUT2D eigenvalue weighted by molar-refractivity contribution is 7.89. The molecule has 0 fully saturated rings. The first-order valence-corrected chi connectivity index (χ1v) is 9.97. The summed E-state index contributed by atoms with van der Waals surface area (Å²) in [5.41, 5.74) is 2.65. The van der Waals surface area contributed by atoms with E-state index in [0.717, 1.165) is 5.56 Å². The SMILES string of the molecule is NS(=O)(=O)c1ccc(Nc2nc3ccc(-c4cc(O)ccc4Cl)cn3n2)cc1. The van der Waals surface area contributed by atoms with Gasteiger partial charge in [-0.2, -0.15) is 4.98 Å². The number of rotatable bonds is 4. The molecule has 142 valence electrons. The van der Waals surface area contributed by atoms with E-state index < -0.39 is 10.0 Å². The molecule has 2 aromatic heterocycles. The van der Waals surface area contributed by atoms with Gasteiger partial charge in [-0.15, -0.1) is 5.10 Å². The highest BCUT2D eigenvalue weighted by Gasteiger charge is 2.10. The maximum absolute atomic E-state index is 11.3. The van der Waals surface area contributed by atoms with Crippen molar-refractivity contribution < 1.29 is 13.5 Å². The van der Waals surface area contributed by atoms with Crippen LogP contribution in [0.1, 0.15) is 0 Å². The summed E-state index contributed by atoms with van der Waals surface area (Å²) in [4.78, 5) is 4.39. The molecule has 4 N–H and O–H groups in total. The normalized spacial score (nSPS) is 11.6. The van der Waals surface area contributed by atoms with Gasteiger partial charge in [-0.3, -0.25) is 0 Å². The summed E-state index contributed by atoms with van der Waals surface area (Å²) < 4.78 is 24.2. The molecular weight excluding hydrogens is 402 g/mol. The summed E-state index contributed by atoms with van der Waals surface area (Å²) >= 11 is 6.22. The number of primary sulfonamides is 1. The molecule has 0 atom stereocenters. The number of sulfonamides is 1. The molecule has 8 nitrogen and oxygen atoms in total. The van der Waals surface area contributed by atoms with Crippen LogP contribution in [0.4, 0.5) is 11.6 Å². The monoisotopic (exact) mass is 415 g/mol. The van der Waals surface area contributed by atoms with Gasteiger partial charge < -0.3 is 10.4 Å². The van der Waals surface area contributed by atoms with Gasteiger partial charge in [0.25, 0.3) is 0 Å². The van der Waals surface area contributed by atoms with E-state index in [1.165, 1.54) is 18.2 Å². The van der Waals surface area contributed by atoms with Crippen molar-refractivity contribution in [3.8, 4) is 16.9 Å². The standard InChI is InChI=1S/C18H14ClN5O3S/c19-16-7-4-13(25)9-15(16)11-1-8-17-22-18(23-24(17)10-11)21-12-2-5-14(6-3-12)28(20,26)27/h1-10,25H,(H,21,23)(H2,20,26,27). The fourth-order valence-corrected chi connectivity index (χ4v) is 3.43. The average Bonchev–Trinajstić information content (AvgIpc) is 3.04. The Morgan fingerprint density at radius 2 is 1.82 bits per heavy atom. The van der Waals surface area contributed by atoms with Gasteiger partial charge in [0, 0.05) is 28.0 Å². The molecule has 4 rings (SSSR count). The molecule has 0 unspecified atom stereocenters. The van der Waals surface area contributed by atoms with E-state index in [2.05, 4.69) is 15.4 Å². The lowest BCUT2D eigenvalue weighted by Crippen LogP contribution is -2.11. The van der Waals surface area contributed by atoms with Gasteiger partial charge in [0.15, 0.2) is 5.65 Å². The summed E-state index contributed by atoms with van der Waals surface area (Å²) in [7, 11) is -3.74. The van der Waals surface area contributed by atoms with E-state index in [0.29, 0.717) is 27.9 Å². The zero-order valence-electron chi connectivity index (χ0n) is 14.2. The van der Waals surface area contributed by atoms with Crippen molar-refractivity contribution >= 4 is 38.9 Å². The third kappa shape index (κ3) is 3.63. The number of nitrogens with two attached hydrogens (primary N) is 1. The van der Waals surface area contributed by atoms with E-state index in [9.17, 15) is 13.5 Å². The van der Waals surface area contributed by atoms with Crippen molar-refractivity contribution in [1.29, 1.82) is 0 Å². The van der Waals surface area contributed by atoms with E-state index in [1.807, 2.05) is 6.07 Å². The molecule has 2 heterocycles. The Balaban J connectivity index is 1.64. The number of benzene rings is 2. The fraction of sp³-hybridized carbons (Fsp3) is 0. The summed E-state index contributed by atoms with van der Waals surface area (Å²) in [6, 6.07) is 14.3. The second-order valence-electron chi connectivity index (χ2n) is 6.01. The first kappa shape index (κ1) is 18.2. The maximum Gasteiger partial charge on any atom is 0.247 e. The zero-order chi connectivity index (χ0) is 19.9. The predicted octanol–water partition coefficient (Wildman–Crippen LogP) is 3.15. The molecule has 0 saturated carbocycles. The van der Waals surface area contributed by atoms with Crippen molar-refractivity contribution in [3.63, 3.8) is 0 Å². The molecular formula is C18H14ClN5O3S. The third-order valence-corrected chi connectivity index (χ3v) is 5.29. The number of phenolic OH excluding ortho intramolecular Hbond substituents is 1. The number of phenols is 1. The minimum Gasteiger partial charge on any atom is -0.508 e. The zero-order valence-corrected chi connectivity index (χ0v) is 15.8. The minimum atomic E-state index is -3.74. The van der Waals surface area contributed by atoms with Crippen LogP contribution in [0.25, 0.3) is 16.8 Å². The van der Waals surface area contributed by atoms with Crippen molar-refractivity contribution in [2.24, 2.45) is 5.14 Å². The van der Waals surface area contributed by atoms with Crippen molar-refractivity contribution in [1.82, 2.24) is 14.6 Å². The van der Waals surface area contributed by atoms with Gasteiger partial charge in [-0.25, -0.2) is 18.1 Å². The second kappa shape index (κ2) is 6.79. The number of aromatic hydroxyl groups is 1. The summed E-state index contributed by atoms with van der Waals surface area (Å²) in [6.07, 6.45) is 1.75. The highest BCUT2D eigenvalue weighted by atomic mass is 35.5. The number of fused-ring (bicyclic) bond motifs is 1. The number of nitrogens with one attached hydrogen (secondary N) is 1. The van der Waals surface area contributed by atoms with E-state index in [-0.39, 0.29) is 10.6 Å². The van der Waals surface area contributed by atoms with Crippen LogP contribution in [0.2, 0.25) is 5.02 Å². The molecule has 2 aromatic carbocycles. The Morgan fingerprint density at radius 3 is 2.54 bits per heavy atom. The van der Waals surface area contributed by atoms with Crippen molar-refractivity contribution in [3.05, 3.63) is 65.8 Å². The predicted molar refractivity (Wildman–Crippen MR) is 106 cm³/mol. The lowest BCUT2D eigenvalue weighted by Gasteiger charge is -2.05. The molecule has 28 heavy (non-hydrogen) atoms. The molecule has 0 radical (unpaired) electrons. The number of nitrogens with zero attached hydrogens (tertiary/aromatic N) is 3. The largest absolute Gasteiger partial charge is 0.508 e. The van der Waals surface area contributed by atoms with Gasteiger partial charge >= 0.3 is 0 Å². The average molecular weight is 416 g/mol. The van der Waals surface area contributed by atoms with Crippen LogP contribution in [0.5, 0.6) is 5.75 Å². The number of hydrogen-bond acceptors (Lipinski definition) is 6. The van der Waals surface area contributed by atoms with Crippen LogP contribution in [-0.2, 0) is 10.0 Å². The Labute approximate surface area is 165 Å². The van der Waals surface area contributed by atoms with Crippen molar-refractivity contribution in [2.75, 3.05) is 5.32 Å². The number of anilines is 2. The molecule has 10 heteroatoms. The number of hydrogen-bond donors (Lipinski definition) is 3. The summed E-state index contributed by atoms with van der Waals surface area (Å²) in [6.45, 7) is 0. The molecule has 0 aliphatic rings. The summed E-state index contributed by atoms with van der Waals surface area (Å²) in [5.74, 6) is 0.450. The quantitative estimate of drug-likeness (QED) is 0.470. The topological polar surface area (TPSA) is 123 Å². The first-order valence-electron chi connectivity index (χ1n) is 8.05. The third-order valence-electron chi connectivity index (χ3n) is 4.03.